The van der Waals surface area contributed by atoms with Gasteiger partial charge >= 0.3 is 0 Å². The smallest absolute Gasteiger partial charge is 0.248 e. The van der Waals surface area contributed by atoms with Gasteiger partial charge in [-0.05, 0) is 29.7 Å². The second kappa shape index (κ2) is 7.44. The van der Waals surface area contributed by atoms with Crippen LogP contribution >= 0.6 is 11.3 Å². The molecule has 3 rings (SSSR count). The first-order valence-corrected chi connectivity index (χ1v) is 8.78. The molecule has 0 atom stereocenters. The summed E-state index contributed by atoms with van der Waals surface area (Å²) in [6, 6.07) is 12.0. The van der Waals surface area contributed by atoms with E-state index in [2.05, 4.69) is 23.3 Å². The molecule has 0 unspecified atom stereocenters. The van der Waals surface area contributed by atoms with Gasteiger partial charge in [-0.15, -0.1) is 11.3 Å². The molecule has 1 fully saturated rings. The third-order valence-corrected chi connectivity index (χ3v) is 4.90. The Bertz CT molecular complexity index is 673. The molecular weight excluding hydrogens is 306 g/mol. The van der Waals surface area contributed by atoms with Gasteiger partial charge in [0.1, 0.15) is 0 Å². The fourth-order valence-corrected chi connectivity index (χ4v) is 3.32. The van der Waals surface area contributed by atoms with E-state index in [0.717, 1.165) is 42.4 Å². The van der Waals surface area contributed by atoms with Crippen LogP contribution in [0.15, 0.2) is 47.9 Å². The van der Waals surface area contributed by atoms with Crippen LogP contribution in [0, 0.1) is 0 Å². The van der Waals surface area contributed by atoms with Gasteiger partial charge in [-0.3, -0.25) is 4.79 Å². The number of likely N-dealkylation sites (N-methyl/N-ethyl adjacent to an activating group) is 1. The minimum atomic E-state index is -0.0920. The number of para-hydroxylation sites is 2. The Balaban J connectivity index is 1.69. The number of rotatable bonds is 4. The molecule has 1 amide bonds. The lowest BCUT2D eigenvalue weighted by Crippen LogP contribution is -3.12. The van der Waals surface area contributed by atoms with E-state index in [4.69, 9.17) is 0 Å². The van der Waals surface area contributed by atoms with Crippen molar-refractivity contribution in [3.05, 3.63) is 52.7 Å². The minimum absolute atomic E-state index is 0.0920. The highest BCUT2D eigenvalue weighted by atomic mass is 32.1. The highest BCUT2D eigenvalue weighted by Gasteiger charge is 2.19. The van der Waals surface area contributed by atoms with Gasteiger partial charge in [0.15, 0.2) is 0 Å². The number of nitrogens with one attached hydrogen (secondary N) is 2. The highest BCUT2D eigenvalue weighted by Crippen LogP contribution is 2.25. The Morgan fingerprint density at radius 1 is 1.22 bits per heavy atom. The lowest BCUT2D eigenvalue weighted by Gasteiger charge is -2.32. The summed E-state index contributed by atoms with van der Waals surface area (Å²) >= 11 is 1.62. The average Bonchev–Trinajstić information content (AvgIpc) is 3.08. The number of anilines is 2. The molecule has 0 saturated carbocycles. The van der Waals surface area contributed by atoms with Gasteiger partial charge in [0.2, 0.25) is 5.91 Å². The second-order valence-corrected chi connectivity index (χ2v) is 6.78. The molecule has 0 aliphatic carbocycles. The normalized spacial score (nSPS) is 16.0. The van der Waals surface area contributed by atoms with Crippen LogP contribution in [0.2, 0.25) is 0 Å². The maximum absolute atomic E-state index is 12.2. The van der Waals surface area contributed by atoms with E-state index in [1.165, 1.54) is 0 Å². The first kappa shape index (κ1) is 15.8. The maximum Gasteiger partial charge on any atom is 0.248 e. The zero-order chi connectivity index (χ0) is 16.1. The lowest BCUT2D eigenvalue weighted by molar-refractivity contribution is -0.880. The monoisotopic (exact) mass is 328 g/mol. The number of amides is 1. The Morgan fingerprint density at radius 3 is 2.74 bits per heavy atom. The highest BCUT2D eigenvalue weighted by molar-refractivity contribution is 7.10. The second-order valence-electron chi connectivity index (χ2n) is 5.80. The van der Waals surface area contributed by atoms with Crippen molar-refractivity contribution in [1.82, 2.24) is 0 Å². The zero-order valence-corrected chi connectivity index (χ0v) is 14.1. The molecule has 1 aromatic carbocycles. The van der Waals surface area contributed by atoms with Crippen molar-refractivity contribution < 1.29 is 9.69 Å². The molecule has 5 heteroatoms. The number of carbonyl (C=O) groups excluding carboxylic acids is 1. The Labute approximate surface area is 141 Å². The summed E-state index contributed by atoms with van der Waals surface area (Å²) in [6.45, 7) is 4.29. The largest absolute Gasteiger partial charge is 0.359 e. The molecule has 2 N–H and O–H groups in total. The van der Waals surface area contributed by atoms with Gasteiger partial charge < -0.3 is 15.1 Å². The van der Waals surface area contributed by atoms with Crippen molar-refractivity contribution in [3.8, 4) is 0 Å². The van der Waals surface area contributed by atoms with Gasteiger partial charge in [-0.2, -0.15) is 0 Å². The first-order chi connectivity index (χ1) is 11.2. The van der Waals surface area contributed by atoms with Crippen LogP contribution in [-0.2, 0) is 4.79 Å². The quantitative estimate of drug-likeness (QED) is 0.839. The molecule has 1 aliphatic heterocycles. The van der Waals surface area contributed by atoms with Crippen molar-refractivity contribution >= 4 is 34.7 Å². The van der Waals surface area contributed by atoms with E-state index in [0.29, 0.717) is 0 Å². The van der Waals surface area contributed by atoms with Gasteiger partial charge in [0.25, 0.3) is 0 Å². The number of hydrogen-bond donors (Lipinski definition) is 2. The van der Waals surface area contributed by atoms with E-state index in [-0.39, 0.29) is 5.91 Å². The number of carbonyl (C=O) groups is 1. The van der Waals surface area contributed by atoms with Crippen LogP contribution in [0.3, 0.4) is 0 Å². The van der Waals surface area contributed by atoms with Crippen molar-refractivity contribution in [2.24, 2.45) is 0 Å². The van der Waals surface area contributed by atoms with Crippen LogP contribution < -0.4 is 15.1 Å². The molecule has 0 spiro atoms. The molecule has 0 radical (unpaired) electrons. The predicted octanol–water partition coefficient (Wildman–Crippen LogP) is 1.73. The van der Waals surface area contributed by atoms with Crippen molar-refractivity contribution in [3.63, 3.8) is 0 Å². The van der Waals surface area contributed by atoms with Crippen LogP contribution in [-0.4, -0.2) is 39.1 Å². The van der Waals surface area contributed by atoms with Gasteiger partial charge in [-0.1, -0.05) is 18.2 Å². The summed E-state index contributed by atoms with van der Waals surface area (Å²) in [4.78, 5) is 17.2. The van der Waals surface area contributed by atoms with Crippen molar-refractivity contribution in [2.75, 3.05) is 43.4 Å². The number of quaternary nitrogens is 1. The number of hydrogen-bond acceptors (Lipinski definition) is 3. The number of nitrogens with zero attached hydrogens (tertiary/aromatic N) is 1. The molecule has 1 saturated heterocycles. The summed E-state index contributed by atoms with van der Waals surface area (Å²) in [5.74, 6) is -0.0920. The molecule has 23 heavy (non-hydrogen) atoms. The van der Waals surface area contributed by atoms with Gasteiger partial charge in [0, 0.05) is 11.0 Å². The molecule has 2 aromatic rings. The number of piperazine rings is 1. The van der Waals surface area contributed by atoms with Crippen LogP contribution in [0.5, 0.6) is 0 Å². The minimum Gasteiger partial charge on any atom is -0.359 e. The molecular formula is C18H22N3OS+. The van der Waals surface area contributed by atoms with Crippen molar-refractivity contribution in [2.45, 2.75) is 0 Å². The van der Waals surface area contributed by atoms with Crippen molar-refractivity contribution in [1.29, 1.82) is 0 Å². The SMILES string of the molecule is C[NH+]1CCN(c2ccccc2NC(=O)/C=C/c2cccs2)CC1. The zero-order valence-electron chi connectivity index (χ0n) is 13.3. The summed E-state index contributed by atoms with van der Waals surface area (Å²) in [5, 5.41) is 5.01. The number of thiophene rings is 1. The molecule has 2 heterocycles. The van der Waals surface area contributed by atoms with E-state index in [1.54, 1.807) is 22.3 Å². The van der Waals surface area contributed by atoms with Crippen LogP contribution in [0.4, 0.5) is 11.4 Å². The van der Waals surface area contributed by atoms with Crippen LogP contribution in [0.1, 0.15) is 4.88 Å². The summed E-state index contributed by atoms with van der Waals surface area (Å²) in [5.41, 5.74) is 1.99. The Hall–Kier alpha value is -2.11. The Morgan fingerprint density at radius 2 is 2.00 bits per heavy atom. The fraction of sp³-hybridized carbons (Fsp3) is 0.278. The Kier molecular flexibility index (Phi) is 5.10. The van der Waals surface area contributed by atoms with E-state index >= 15 is 0 Å². The average molecular weight is 328 g/mol. The standard InChI is InChI=1S/C18H21N3OS/c1-20-10-12-21(13-11-20)17-7-3-2-6-16(17)19-18(22)9-8-15-5-4-14-23-15/h2-9,14H,10-13H2,1H3,(H,19,22)/p+1/b9-8+. The summed E-state index contributed by atoms with van der Waals surface area (Å²) in [7, 11) is 2.22. The summed E-state index contributed by atoms with van der Waals surface area (Å²) in [6.07, 6.45) is 3.44. The van der Waals surface area contributed by atoms with E-state index in [1.807, 2.05) is 41.8 Å². The number of benzene rings is 1. The third-order valence-electron chi connectivity index (χ3n) is 4.06. The molecule has 1 aliphatic rings. The molecule has 120 valence electrons. The van der Waals surface area contributed by atoms with E-state index < -0.39 is 0 Å². The van der Waals surface area contributed by atoms with Gasteiger partial charge in [-0.25, -0.2) is 0 Å². The molecule has 4 nitrogen and oxygen atoms in total. The maximum atomic E-state index is 12.2. The van der Waals surface area contributed by atoms with E-state index in [9.17, 15) is 4.79 Å². The topological polar surface area (TPSA) is 36.8 Å². The third kappa shape index (κ3) is 4.21. The fourth-order valence-electron chi connectivity index (χ4n) is 2.70. The predicted molar refractivity (Wildman–Crippen MR) is 97.3 cm³/mol. The summed E-state index contributed by atoms with van der Waals surface area (Å²) < 4.78 is 0. The lowest BCUT2D eigenvalue weighted by atomic mass is 10.2. The van der Waals surface area contributed by atoms with Crippen LogP contribution in [0.25, 0.3) is 6.08 Å². The first-order valence-electron chi connectivity index (χ1n) is 7.90. The molecule has 0 bridgehead atoms. The van der Waals surface area contributed by atoms with Gasteiger partial charge in [0.05, 0.1) is 44.6 Å². The molecule has 1 aromatic heterocycles.